The second-order valence-electron chi connectivity index (χ2n) is 3.99. The Bertz CT molecular complexity index is 174. The van der Waals surface area contributed by atoms with E-state index >= 15 is 0 Å². The SMILES string of the molecule is CC(C)NC(CO)COCCCC(F)(F)F. The Labute approximate surface area is 94.0 Å². The summed E-state index contributed by atoms with van der Waals surface area (Å²) >= 11 is 0. The van der Waals surface area contributed by atoms with Crippen LogP contribution in [-0.4, -0.2) is 43.2 Å². The van der Waals surface area contributed by atoms with Gasteiger partial charge in [-0.1, -0.05) is 13.8 Å². The number of aliphatic hydroxyl groups excluding tert-OH is 1. The molecule has 0 aromatic rings. The molecule has 0 saturated heterocycles. The lowest BCUT2D eigenvalue weighted by Gasteiger charge is -2.19. The minimum atomic E-state index is -4.12. The van der Waals surface area contributed by atoms with Crippen LogP contribution in [0.2, 0.25) is 0 Å². The number of ether oxygens (including phenoxy) is 1. The number of hydrogen-bond acceptors (Lipinski definition) is 3. The average Bonchev–Trinajstić information content (AvgIpc) is 2.13. The van der Waals surface area contributed by atoms with Gasteiger partial charge in [0.1, 0.15) is 0 Å². The summed E-state index contributed by atoms with van der Waals surface area (Å²) < 4.78 is 40.4. The van der Waals surface area contributed by atoms with E-state index < -0.39 is 12.6 Å². The molecule has 0 aromatic heterocycles. The van der Waals surface area contributed by atoms with E-state index in [0.717, 1.165) is 0 Å². The molecule has 0 heterocycles. The van der Waals surface area contributed by atoms with E-state index in [-0.39, 0.29) is 38.3 Å². The smallest absolute Gasteiger partial charge is 0.389 e. The van der Waals surface area contributed by atoms with E-state index in [0.29, 0.717) is 0 Å². The Hall–Kier alpha value is -0.330. The highest BCUT2D eigenvalue weighted by molar-refractivity contribution is 4.67. The molecule has 1 atom stereocenters. The second-order valence-corrected chi connectivity index (χ2v) is 3.99. The van der Waals surface area contributed by atoms with Crippen LogP contribution >= 0.6 is 0 Å². The summed E-state index contributed by atoms with van der Waals surface area (Å²) in [5.41, 5.74) is 0. The molecule has 2 N–H and O–H groups in total. The van der Waals surface area contributed by atoms with Crippen molar-refractivity contribution in [1.82, 2.24) is 5.32 Å². The van der Waals surface area contributed by atoms with Crippen LogP contribution in [0.15, 0.2) is 0 Å². The van der Waals surface area contributed by atoms with Gasteiger partial charge in [0.15, 0.2) is 0 Å². The third-order valence-electron chi connectivity index (χ3n) is 1.86. The first-order chi connectivity index (χ1) is 7.35. The molecule has 0 spiro atoms. The Balaban J connectivity index is 3.48. The van der Waals surface area contributed by atoms with Gasteiger partial charge in [-0.05, 0) is 6.42 Å². The van der Waals surface area contributed by atoms with Gasteiger partial charge < -0.3 is 15.2 Å². The molecule has 0 aliphatic carbocycles. The lowest BCUT2D eigenvalue weighted by molar-refractivity contribution is -0.138. The van der Waals surface area contributed by atoms with Gasteiger partial charge in [-0.3, -0.25) is 0 Å². The number of halogens is 3. The molecule has 0 aliphatic heterocycles. The van der Waals surface area contributed by atoms with Crippen LogP contribution in [0.25, 0.3) is 0 Å². The Kier molecular flexibility index (Phi) is 7.70. The zero-order chi connectivity index (χ0) is 12.6. The third-order valence-corrected chi connectivity index (χ3v) is 1.86. The van der Waals surface area contributed by atoms with Crippen molar-refractivity contribution in [3.63, 3.8) is 0 Å². The second kappa shape index (κ2) is 7.86. The van der Waals surface area contributed by atoms with E-state index in [2.05, 4.69) is 5.32 Å². The summed E-state index contributed by atoms with van der Waals surface area (Å²) in [6.45, 7) is 4.05. The summed E-state index contributed by atoms with van der Waals surface area (Å²) in [7, 11) is 0. The van der Waals surface area contributed by atoms with Gasteiger partial charge in [0.25, 0.3) is 0 Å². The molecule has 0 amide bonds. The molecule has 0 rings (SSSR count). The summed E-state index contributed by atoms with van der Waals surface area (Å²) in [5, 5.41) is 12.0. The van der Waals surface area contributed by atoms with Crippen molar-refractivity contribution in [2.24, 2.45) is 0 Å². The van der Waals surface area contributed by atoms with E-state index in [4.69, 9.17) is 9.84 Å². The van der Waals surface area contributed by atoms with Gasteiger partial charge in [0.05, 0.1) is 19.3 Å². The molecule has 0 aliphatic rings. The normalized spacial score (nSPS) is 14.4. The fourth-order valence-corrected chi connectivity index (χ4v) is 1.23. The molecular formula is C10H20F3NO2. The standard InChI is InChI=1S/C10H20F3NO2/c1-8(2)14-9(6-15)7-16-5-3-4-10(11,12)13/h8-9,14-15H,3-7H2,1-2H3. The number of hydrogen-bond donors (Lipinski definition) is 2. The molecule has 0 bridgehead atoms. The monoisotopic (exact) mass is 243 g/mol. The van der Waals surface area contributed by atoms with Crippen molar-refractivity contribution in [2.45, 2.75) is 44.9 Å². The van der Waals surface area contributed by atoms with Crippen LogP contribution in [-0.2, 0) is 4.74 Å². The van der Waals surface area contributed by atoms with Gasteiger partial charge in [-0.15, -0.1) is 0 Å². The van der Waals surface area contributed by atoms with Crippen LogP contribution < -0.4 is 5.32 Å². The number of alkyl halides is 3. The van der Waals surface area contributed by atoms with Crippen LogP contribution in [0.3, 0.4) is 0 Å². The third kappa shape index (κ3) is 10.2. The van der Waals surface area contributed by atoms with E-state index in [1.807, 2.05) is 13.8 Å². The molecule has 0 aromatic carbocycles. The van der Waals surface area contributed by atoms with Crippen LogP contribution in [0, 0.1) is 0 Å². The van der Waals surface area contributed by atoms with Crippen molar-refractivity contribution in [3.8, 4) is 0 Å². The first-order valence-corrected chi connectivity index (χ1v) is 5.36. The van der Waals surface area contributed by atoms with Crippen molar-refractivity contribution in [3.05, 3.63) is 0 Å². The van der Waals surface area contributed by atoms with Crippen LogP contribution in [0.4, 0.5) is 13.2 Å². The van der Waals surface area contributed by atoms with Crippen molar-refractivity contribution >= 4 is 0 Å². The zero-order valence-corrected chi connectivity index (χ0v) is 9.68. The van der Waals surface area contributed by atoms with Gasteiger partial charge >= 0.3 is 6.18 Å². The Morgan fingerprint density at radius 2 is 1.94 bits per heavy atom. The van der Waals surface area contributed by atoms with Gasteiger partial charge in [0, 0.05) is 19.1 Å². The molecule has 16 heavy (non-hydrogen) atoms. The van der Waals surface area contributed by atoms with Crippen molar-refractivity contribution in [2.75, 3.05) is 19.8 Å². The van der Waals surface area contributed by atoms with Gasteiger partial charge in [-0.25, -0.2) is 0 Å². The van der Waals surface area contributed by atoms with Crippen molar-refractivity contribution in [1.29, 1.82) is 0 Å². The predicted octanol–water partition coefficient (Wildman–Crippen LogP) is 1.70. The lowest BCUT2D eigenvalue weighted by Crippen LogP contribution is -2.40. The summed E-state index contributed by atoms with van der Waals surface area (Å²) in [6.07, 6.45) is -4.98. The zero-order valence-electron chi connectivity index (χ0n) is 9.68. The first-order valence-electron chi connectivity index (χ1n) is 5.36. The number of nitrogens with one attached hydrogen (secondary N) is 1. The van der Waals surface area contributed by atoms with E-state index in [9.17, 15) is 13.2 Å². The maximum atomic E-state index is 11.8. The molecule has 3 nitrogen and oxygen atoms in total. The Morgan fingerprint density at radius 3 is 2.38 bits per heavy atom. The van der Waals surface area contributed by atoms with Crippen molar-refractivity contribution < 1.29 is 23.0 Å². The highest BCUT2D eigenvalue weighted by atomic mass is 19.4. The maximum absolute atomic E-state index is 11.8. The quantitative estimate of drug-likeness (QED) is 0.638. The molecule has 98 valence electrons. The molecular weight excluding hydrogens is 223 g/mol. The highest BCUT2D eigenvalue weighted by Crippen LogP contribution is 2.20. The van der Waals surface area contributed by atoms with E-state index in [1.54, 1.807) is 0 Å². The summed E-state index contributed by atoms with van der Waals surface area (Å²) in [4.78, 5) is 0. The van der Waals surface area contributed by atoms with Crippen LogP contribution in [0.5, 0.6) is 0 Å². The molecule has 0 fully saturated rings. The first kappa shape index (κ1) is 15.7. The minimum Gasteiger partial charge on any atom is -0.395 e. The largest absolute Gasteiger partial charge is 0.395 e. The molecule has 0 radical (unpaired) electrons. The average molecular weight is 243 g/mol. The highest BCUT2D eigenvalue weighted by Gasteiger charge is 2.25. The molecule has 1 unspecified atom stereocenters. The topological polar surface area (TPSA) is 41.5 Å². The van der Waals surface area contributed by atoms with Crippen LogP contribution in [0.1, 0.15) is 26.7 Å². The molecule has 0 saturated carbocycles. The van der Waals surface area contributed by atoms with E-state index in [1.165, 1.54) is 0 Å². The summed E-state index contributed by atoms with van der Waals surface area (Å²) in [6, 6.07) is -0.0122. The fraction of sp³-hybridized carbons (Fsp3) is 1.00. The number of aliphatic hydroxyl groups is 1. The molecule has 6 heteroatoms. The van der Waals surface area contributed by atoms with Gasteiger partial charge in [-0.2, -0.15) is 13.2 Å². The fourth-order valence-electron chi connectivity index (χ4n) is 1.23. The lowest BCUT2D eigenvalue weighted by atomic mass is 10.3. The minimum absolute atomic E-state index is 0.0384. The maximum Gasteiger partial charge on any atom is 0.389 e. The Morgan fingerprint density at radius 1 is 1.31 bits per heavy atom. The number of rotatable bonds is 8. The summed E-state index contributed by atoms with van der Waals surface area (Å²) in [5.74, 6) is 0. The van der Waals surface area contributed by atoms with Gasteiger partial charge in [0.2, 0.25) is 0 Å². The predicted molar refractivity (Wildman–Crippen MR) is 55.3 cm³/mol.